The third-order valence-corrected chi connectivity index (χ3v) is 7.28. The van der Waals surface area contributed by atoms with Crippen molar-refractivity contribution in [3.8, 4) is 0 Å². The number of aliphatic hydroxyl groups is 2. The van der Waals surface area contributed by atoms with Gasteiger partial charge in [0.05, 0.1) is 48.1 Å². The van der Waals surface area contributed by atoms with Gasteiger partial charge in [0.1, 0.15) is 0 Å². The molecule has 0 atom stereocenters. The van der Waals surface area contributed by atoms with Crippen LogP contribution in [0.1, 0.15) is 36.8 Å². The molecule has 8 heteroatoms. The van der Waals surface area contributed by atoms with Gasteiger partial charge in [0.2, 0.25) is 0 Å². The van der Waals surface area contributed by atoms with Crippen molar-refractivity contribution in [2.75, 3.05) is 26.3 Å². The molecule has 0 aromatic carbocycles. The summed E-state index contributed by atoms with van der Waals surface area (Å²) in [5, 5.41) is 23.7. The molecule has 2 aromatic heterocycles. The molecule has 1 saturated heterocycles. The van der Waals surface area contributed by atoms with Crippen LogP contribution in [0.3, 0.4) is 0 Å². The van der Waals surface area contributed by atoms with Gasteiger partial charge in [0.25, 0.3) is 5.91 Å². The van der Waals surface area contributed by atoms with E-state index >= 15 is 0 Å². The van der Waals surface area contributed by atoms with Crippen molar-refractivity contribution < 1.29 is 15.0 Å². The van der Waals surface area contributed by atoms with Gasteiger partial charge in [-0.25, -0.2) is 4.52 Å². The van der Waals surface area contributed by atoms with Crippen molar-refractivity contribution in [2.24, 2.45) is 5.92 Å². The first-order valence-corrected chi connectivity index (χ1v) is 12.7. The summed E-state index contributed by atoms with van der Waals surface area (Å²) >= 11 is 0. The molecule has 0 bridgehead atoms. The number of piperidine rings is 1. The van der Waals surface area contributed by atoms with Gasteiger partial charge < -0.3 is 10.2 Å². The van der Waals surface area contributed by atoms with Crippen LogP contribution in [-0.2, 0) is 11.2 Å². The summed E-state index contributed by atoms with van der Waals surface area (Å²) in [6, 6.07) is 1.80. The SMILES string of the molecule is CCc1nc(C)cn2nc(C3=C\C(=O)N4C=C(C5CCN(C(CO)CO)CC5)C=C\C4=C/C=C/3)cc12. The molecule has 0 saturated carbocycles. The van der Waals surface area contributed by atoms with Crippen LogP contribution in [0.4, 0.5) is 0 Å². The minimum absolute atomic E-state index is 0.0371. The maximum atomic E-state index is 13.4. The standard InChI is InChI=1S/C28H33N5O3/c1-3-25-27-14-26(30-33(27)15-19(2)29-25)21-5-4-6-23-8-7-22(16-32(23)28(36)13-21)20-9-11-31(12-10-20)24(17-34)18-35/h4-8,13-16,20,24,34-35H,3,9-12,17-18H2,1-2H3/b5-4+,21-13+,23-6+. The third-order valence-electron chi connectivity index (χ3n) is 7.28. The van der Waals surface area contributed by atoms with Gasteiger partial charge in [-0.2, -0.15) is 5.10 Å². The van der Waals surface area contributed by atoms with Crippen LogP contribution < -0.4 is 0 Å². The third kappa shape index (κ3) is 4.72. The Kier molecular flexibility index (Phi) is 7.00. The fraction of sp³-hybridized carbons (Fsp3) is 0.393. The van der Waals surface area contributed by atoms with Crippen molar-refractivity contribution in [3.05, 3.63) is 83.3 Å². The number of aryl methyl sites for hydroxylation is 2. The number of aromatic nitrogens is 3. The van der Waals surface area contributed by atoms with Crippen LogP contribution in [0.5, 0.6) is 0 Å². The highest BCUT2D eigenvalue weighted by atomic mass is 16.3. The second-order valence-corrected chi connectivity index (χ2v) is 9.59. The maximum Gasteiger partial charge on any atom is 0.255 e. The van der Waals surface area contributed by atoms with Gasteiger partial charge >= 0.3 is 0 Å². The zero-order valence-corrected chi connectivity index (χ0v) is 20.8. The number of likely N-dealkylation sites (tertiary alicyclic amines) is 1. The van der Waals surface area contributed by atoms with Crippen LogP contribution in [0.25, 0.3) is 11.1 Å². The number of fused-ring (bicyclic) bond motifs is 2. The number of allylic oxidation sites excluding steroid dienone is 7. The van der Waals surface area contributed by atoms with E-state index in [0.717, 1.165) is 71.8 Å². The molecule has 0 spiro atoms. The van der Waals surface area contributed by atoms with Crippen molar-refractivity contribution >= 4 is 17.0 Å². The molecular formula is C28H33N5O3. The normalized spacial score (nSPS) is 23.1. The summed E-state index contributed by atoms with van der Waals surface area (Å²) in [5.41, 5.74) is 6.31. The zero-order chi connectivity index (χ0) is 25.2. The molecule has 3 aliphatic rings. The Labute approximate surface area is 211 Å². The van der Waals surface area contributed by atoms with E-state index in [1.807, 2.05) is 54.2 Å². The van der Waals surface area contributed by atoms with Gasteiger partial charge in [0, 0.05) is 23.5 Å². The van der Waals surface area contributed by atoms with E-state index in [1.54, 1.807) is 11.0 Å². The topological polar surface area (TPSA) is 94.2 Å². The monoisotopic (exact) mass is 487 g/mol. The predicted octanol–water partition coefficient (Wildman–Crippen LogP) is 2.78. The van der Waals surface area contributed by atoms with E-state index in [1.165, 1.54) is 0 Å². The molecule has 2 aromatic rings. The van der Waals surface area contributed by atoms with Gasteiger partial charge in [-0.05, 0) is 69.0 Å². The number of nitrogens with zero attached hydrogens (tertiary/aromatic N) is 5. The summed E-state index contributed by atoms with van der Waals surface area (Å²) < 4.78 is 1.85. The first-order valence-electron chi connectivity index (χ1n) is 12.7. The molecule has 3 aliphatic heterocycles. The largest absolute Gasteiger partial charge is 0.395 e. The van der Waals surface area contributed by atoms with Crippen molar-refractivity contribution in [3.63, 3.8) is 0 Å². The smallest absolute Gasteiger partial charge is 0.255 e. The Balaban J connectivity index is 1.39. The number of amides is 1. The number of carbonyl (C=O) groups excluding carboxylic acids is 1. The average molecular weight is 488 g/mol. The molecular weight excluding hydrogens is 454 g/mol. The Bertz CT molecular complexity index is 1300. The van der Waals surface area contributed by atoms with Crippen LogP contribution in [0.15, 0.2) is 66.2 Å². The average Bonchev–Trinajstić information content (AvgIpc) is 3.31. The molecule has 0 unspecified atom stereocenters. The minimum Gasteiger partial charge on any atom is -0.395 e. The Morgan fingerprint density at radius 2 is 1.92 bits per heavy atom. The summed E-state index contributed by atoms with van der Waals surface area (Å²) in [6.45, 7) is 5.59. The van der Waals surface area contributed by atoms with E-state index < -0.39 is 0 Å². The van der Waals surface area contributed by atoms with E-state index in [4.69, 9.17) is 5.10 Å². The lowest BCUT2D eigenvalue weighted by molar-refractivity contribution is -0.122. The highest BCUT2D eigenvalue weighted by Gasteiger charge is 2.28. The van der Waals surface area contributed by atoms with Crippen molar-refractivity contribution in [1.29, 1.82) is 0 Å². The van der Waals surface area contributed by atoms with Gasteiger partial charge in [-0.3, -0.25) is 19.6 Å². The quantitative estimate of drug-likeness (QED) is 0.651. The molecule has 5 heterocycles. The predicted molar refractivity (Wildman–Crippen MR) is 139 cm³/mol. The zero-order valence-electron chi connectivity index (χ0n) is 20.8. The van der Waals surface area contributed by atoms with E-state index in [-0.39, 0.29) is 25.2 Å². The van der Waals surface area contributed by atoms with E-state index in [0.29, 0.717) is 5.92 Å². The maximum absolute atomic E-state index is 13.4. The van der Waals surface area contributed by atoms with Crippen LogP contribution in [0, 0.1) is 12.8 Å². The molecule has 5 rings (SSSR count). The molecule has 188 valence electrons. The Morgan fingerprint density at radius 3 is 2.64 bits per heavy atom. The highest BCUT2D eigenvalue weighted by molar-refractivity contribution is 5.99. The fourth-order valence-electron chi connectivity index (χ4n) is 5.23. The second-order valence-electron chi connectivity index (χ2n) is 9.59. The Morgan fingerprint density at radius 1 is 1.14 bits per heavy atom. The second kappa shape index (κ2) is 10.3. The molecule has 1 amide bonds. The minimum atomic E-state index is -0.199. The number of aliphatic hydroxyl groups excluding tert-OH is 2. The molecule has 1 fully saturated rings. The van der Waals surface area contributed by atoms with Crippen molar-refractivity contribution in [2.45, 2.75) is 39.2 Å². The molecule has 0 radical (unpaired) electrons. The lowest BCUT2D eigenvalue weighted by Gasteiger charge is -2.37. The summed E-state index contributed by atoms with van der Waals surface area (Å²) in [7, 11) is 0. The summed E-state index contributed by atoms with van der Waals surface area (Å²) in [4.78, 5) is 21.9. The molecule has 2 N–H and O–H groups in total. The number of rotatable bonds is 6. The molecule has 36 heavy (non-hydrogen) atoms. The van der Waals surface area contributed by atoms with Crippen LogP contribution in [0.2, 0.25) is 0 Å². The van der Waals surface area contributed by atoms with Crippen molar-refractivity contribution in [1.82, 2.24) is 24.4 Å². The first-order chi connectivity index (χ1) is 17.5. The van der Waals surface area contributed by atoms with Crippen LogP contribution in [-0.4, -0.2) is 72.9 Å². The van der Waals surface area contributed by atoms with Gasteiger partial charge in [-0.1, -0.05) is 25.2 Å². The molecule has 0 aliphatic carbocycles. The summed E-state index contributed by atoms with van der Waals surface area (Å²) in [5.74, 6) is 0.221. The summed E-state index contributed by atoms with van der Waals surface area (Å²) in [6.07, 6.45) is 18.1. The number of hydrogen-bond donors (Lipinski definition) is 2. The fourth-order valence-corrected chi connectivity index (χ4v) is 5.23. The Hall–Kier alpha value is -3.33. The lowest BCUT2D eigenvalue weighted by atomic mass is 9.87. The first kappa shape index (κ1) is 24.4. The number of hydrogen-bond acceptors (Lipinski definition) is 6. The highest BCUT2D eigenvalue weighted by Crippen LogP contribution is 2.31. The van der Waals surface area contributed by atoms with E-state index in [2.05, 4.69) is 22.9 Å². The molecule has 8 nitrogen and oxygen atoms in total. The lowest BCUT2D eigenvalue weighted by Crippen LogP contribution is -2.45. The number of carbonyl (C=O) groups is 1. The van der Waals surface area contributed by atoms with E-state index in [9.17, 15) is 15.0 Å². The van der Waals surface area contributed by atoms with Crippen LogP contribution >= 0.6 is 0 Å². The van der Waals surface area contributed by atoms with Gasteiger partial charge in [0.15, 0.2) is 0 Å². The van der Waals surface area contributed by atoms with Gasteiger partial charge in [-0.15, -0.1) is 0 Å².